The minimum absolute atomic E-state index is 0.0128. The van der Waals surface area contributed by atoms with Crippen LogP contribution in [0.1, 0.15) is 38.3 Å². The van der Waals surface area contributed by atoms with Gasteiger partial charge in [-0.3, -0.25) is 4.72 Å². The number of sulfonamides is 1. The maximum absolute atomic E-state index is 12.4. The molecule has 0 saturated carbocycles. The van der Waals surface area contributed by atoms with Crippen molar-refractivity contribution in [3.63, 3.8) is 0 Å². The first-order chi connectivity index (χ1) is 11.5. The van der Waals surface area contributed by atoms with E-state index < -0.39 is 10.0 Å². The van der Waals surface area contributed by atoms with Gasteiger partial charge in [-0.05, 0) is 30.9 Å². The van der Waals surface area contributed by atoms with E-state index in [1.54, 1.807) is 10.9 Å². The van der Waals surface area contributed by atoms with Gasteiger partial charge in [0.2, 0.25) is 10.0 Å². The van der Waals surface area contributed by atoms with Crippen LogP contribution in [-0.2, 0) is 14.8 Å². The molecule has 1 aliphatic heterocycles. The lowest BCUT2D eigenvalue weighted by Crippen LogP contribution is -2.26. The first-order valence-corrected chi connectivity index (χ1v) is 9.87. The summed E-state index contributed by atoms with van der Waals surface area (Å²) in [6.45, 7) is 4.69. The molecule has 1 saturated heterocycles. The van der Waals surface area contributed by atoms with Crippen LogP contribution in [0.15, 0.2) is 36.5 Å². The number of benzene rings is 1. The van der Waals surface area contributed by atoms with Crippen LogP contribution in [0, 0.1) is 0 Å². The standard InChI is InChI=1S/C17H23N3O3S/c1-13(2)17-16(11-18-20(17)14-7-4-3-5-8-14)19-24(21,22)12-15-9-6-10-23-15/h3-5,7-8,11,13,15,19H,6,9-10,12H2,1-2H3/t15-/m0/s1. The smallest absolute Gasteiger partial charge is 0.235 e. The molecule has 2 heterocycles. The molecule has 0 aliphatic carbocycles. The minimum atomic E-state index is -3.47. The number of ether oxygens (including phenoxy) is 1. The van der Waals surface area contributed by atoms with Crippen molar-refractivity contribution in [2.75, 3.05) is 17.1 Å². The first kappa shape index (κ1) is 17.0. The van der Waals surface area contributed by atoms with Gasteiger partial charge in [-0.15, -0.1) is 0 Å². The molecule has 24 heavy (non-hydrogen) atoms. The average Bonchev–Trinajstić information content (AvgIpc) is 3.17. The molecule has 7 heteroatoms. The Morgan fingerprint density at radius 1 is 1.33 bits per heavy atom. The van der Waals surface area contributed by atoms with Gasteiger partial charge < -0.3 is 4.74 Å². The van der Waals surface area contributed by atoms with Crippen LogP contribution in [0.4, 0.5) is 5.69 Å². The Morgan fingerprint density at radius 2 is 2.08 bits per heavy atom. The molecular formula is C17H23N3O3S. The lowest BCUT2D eigenvalue weighted by molar-refractivity contribution is 0.127. The van der Waals surface area contributed by atoms with Gasteiger partial charge in [-0.1, -0.05) is 32.0 Å². The minimum Gasteiger partial charge on any atom is -0.377 e. The molecular weight excluding hydrogens is 326 g/mol. The van der Waals surface area contributed by atoms with Crippen molar-refractivity contribution in [3.8, 4) is 5.69 Å². The topological polar surface area (TPSA) is 73.2 Å². The van der Waals surface area contributed by atoms with E-state index in [-0.39, 0.29) is 17.8 Å². The van der Waals surface area contributed by atoms with Gasteiger partial charge in [0.25, 0.3) is 0 Å². The van der Waals surface area contributed by atoms with Gasteiger partial charge in [-0.2, -0.15) is 5.10 Å². The molecule has 1 atom stereocenters. The van der Waals surface area contributed by atoms with Crippen molar-refractivity contribution in [1.29, 1.82) is 0 Å². The fraction of sp³-hybridized carbons (Fsp3) is 0.471. The Kier molecular flexibility index (Phi) is 4.91. The highest BCUT2D eigenvalue weighted by Gasteiger charge is 2.25. The number of rotatable bonds is 6. The van der Waals surface area contributed by atoms with Crippen molar-refractivity contribution < 1.29 is 13.2 Å². The second-order valence-electron chi connectivity index (χ2n) is 6.36. The fourth-order valence-electron chi connectivity index (χ4n) is 3.00. The summed E-state index contributed by atoms with van der Waals surface area (Å²) in [5.74, 6) is 0.106. The number of aromatic nitrogens is 2. The van der Waals surface area contributed by atoms with E-state index >= 15 is 0 Å². The maximum atomic E-state index is 12.4. The van der Waals surface area contributed by atoms with Crippen LogP contribution >= 0.6 is 0 Å². The summed E-state index contributed by atoms with van der Waals surface area (Å²) in [6.07, 6.45) is 3.08. The zero-order valence-electron chi connectivity index (χ0n) is 14.0. The molecule has 0 amide bonds. The second-order valence-corrected chi connectivity index (χ2v) is 8.13. The maximum Gasteiger partial charge on any atom is 0.235 e. The van der Waals surface area contributed by atoms with Crippen LogP contribution < -0.4 is 4.72 Å². The molecule has 0 unspecified atom stereocenters. The molecule has 0 bridgehead atoms. The van der Waals surface area contributed by atoms with Crippen molar-refractivity contribution in [3.05, 3.63) is 42.2 Å². The van der Waals surface area contributed by atoms with Crippen LogP contribution in [-0.4, -0.2) is 36.7 Å². The van der Waals surface area contributed by atoms with Gasteiger partial charge in [0.1, 0.15) is 0 Å². The number of nitrogens with zero attached hydrogens (tertiary/aromatic N) is 2. The largest absolute Gasteiger partial charge is 0.377 e. The lowest BCUT2D eigenvalue weighted by atomic mass is 10.1. The van der Waals surface area contributed by atoms with E-state index in [1.807, 2.05) is 44.2 Å². The number of hydrogen-bond donors (Lipinski definition) is 1. The molecule has 1 aromatic heterocycles. The third-order valence-electron chi connectivity index (χ3n) is 4.05. The molecule has 1 N–H and O–H groups in total. The highest BCUT2D eigenvalue weighted by atomic mass is 32.2. The molecule has 1 aliphatic rings. The molecule has 3 rings (SSSR count). The number of anilines is 1. The Balaban J connectivity index is 1.87. The molecule has 130 valence electrons. The molecule has 6 nitrogen and oxygen atoms in total. The number of hydrogen-bond acceptors (Lipinski definition) is 4. The van der Waals surface area contributed by atoms with Crippen molar-refractivity contribution in [2.45, 2.75) is 38.7 Å². The highest BCUT2D eigenvalue weighted by molar-refractivity contribution is 7.92. The first-order valence-electron chi connectivity index (χ1n) is 8.22. The normalized spacial score (nSPS) is 18.2. The summed E-state index contributed by atoms with van der Waals surface area (Å²) < 4.78 is 34.8. The van der Waals surface area contributed by atoms with E-state index in [0.29, 0.717) is 12.3 Å². The van der Waals surface area contributed by atoms with Crippen molar-refractivity contribution in [2.24, 2.45) is 0 Å². The van der Waals surface area contributed by atoms with Crippen LogP contribution in [0.5, 0.6) is 0 Å². The zero-order valence-corrected chi connectivity index (χ0v) is 14.8. The Labute approximate surface area is 142 Å². The summed E-state index contributed by atoms with van der Waals surface area (Å²) in [5, 5.41) is 4.38. The van der Waals surface area contributed by atoms with Crippen LogP contribution in [0.3, 0.4) is 0 Å². The lowest BCUT2D eigenvalue weighted by Gasteiger charge is -2.15. The van der Waals surface area contributed by atoms with Crippen molar-refractivity contribution >= 4 is 15.7 Å². The summed E-state index contributed by atoms with van der Waals surface area (Å²) in [4.78, 5) is 0. The SMILES string of the molecule is CC(C)c1c(NS(=O)(=O)C[C@@H]2CCCO2)cnn1-c1ccccc1. The second kappa shape index (κ2) is 6.94. The third kappa shape index (κ3) is 3.79. The molecule has 0 spiro atoms. The summed E-state index contributed by atoms with van der Waals surface area (Å²) in [7, 11) is -3.47. The molecule has 1 aromatic carbocycles. The predicted octanol–water partition coefficient (Wildman–Crippen LogP) is 2.92. The van der Waals surface area contributed by atoms with E-state index in [1.165, 1.54) is 0 Å². The summed E-state index contributed by atoms with van der Waals surface area (Å²) >= 11 is 0. The van der Waals surface area contributed by atoms with Gasteiger partial charge in [-0.25, -0.2) is 13.1 Å². The van der Waals surface area contributed by atoms with E-state index in [9.17, 15) is 8.42 Å². The number of nitrogens with one attached hydrogen (secondary N) is 1. The molecule has 0 radical (unpaired) electrons. The van der Waals surface area contributed by atoms with Crippen LogP contribution in [0.2, 0.25) is 0 Å². The Bertz CT molecular complexity index is 779. The van der Waals surface area contributed by atoms with Crippen molar-refractivity contribution in [1.82, 2.24) is 9.78 Å². The summed E-state index contributed by atoms with van der Waals surface area (Å²) in [5.41, 5.74) is 2.29. The zero-order chi connectivity index (χ0) is 17.2. The Hall–Kier alpha value is -1.86. The van der Waals surface area contributed by atoms with E-state index in [0.717, 1.165) is 24.2 Å². The molecule has 1 fully saturated rings. The Morgan fingerprint density at radius 3 is 2.71 bits per heavy atom. The van der Waals surface area contributed by atoms with Crippen LogP contribution in [0.25, 0.3) is 5.69 Å². The van der Waals surface area contributed by atoms with Gasteiger partial charge in [0.15, 0.2) is 0 Å². The highest BCUT2D eigenvalue weighted by Crippen LogP contribution is 2.28. The van der Waals surface area contributed by atoms with E-state index in [4.69, 9.17) is 4.74 Å². The fourth-order valence-corrected chi connectivity index (χ4v) is 4.32. The quantitative estimate of drug-likeness (QED) is 0.870. The van der Waals surface area contributed by atoms with Gasteiger partial charge in [0.05, 0.1) is 35.1 Å². The average molecular weight is 349 g/mol. The molecule has 2 aromatic rings. The third-order valence-corrected chi connectivity index (χ3v) is 5.39. The van der Waals surface area contributed by atoms with Gasteiger partial charge >= 0.3 is 0 Å². The predicted molar refractivity (Wildman–Crippen MR) is 94.0 cm³/mol. The van der Waals surface area contributed by atoms with Gasteiger partial charge in [0, 0.05) is 6.61 Å². The summed E-state index contributed by atoms with van der Waals surface area (Å²) in [6, 6.07) is 9.70. The monoisotopic (exact) mass is 349 g/mol. The van der Waals surface area contributed by atoms with E-state index in [2.05, 4.69) is 9.82 Å². The number of para-hydroxylation sites is 1.